The summed E-state index contributed by atoms with van der Waals surface area (Å²) in [5, 5.41) is 3.38. The predicted molar refractivity (Wildman–Crippen MR) is 96.5 cm³/mol. The maximum Gasteiger partial charge on any atom is 0.229 e. The lowest BCUT2D eigenvalue weighted by Gasteiger charge is -2.36. The van der Waals surface area contributed by atoms with E-state index in [1.54, 1.807) is 0 Å². The Balaban J connectivity index is 1.83. The Morgan fingerprint density at radius 3 is 2.91 bits per heavy atom. The van der Waals surface area contributed by atoms with E-state index >= 15 is 0 Å². The second-order valence-corrected chi connectivity index (χ2v) is 6.43. The minimum Gasteiger partial charge on any atom is -0.353 e. The van der Waals surface area contributed by atoms with Crippen molar-refractivity contribution in [1.82, 2.24) is 9.97 Å². The molecular formula is C19H26N4. The number of nitrogens with one attached hydrogen (secondary N) is 1. The smallest absolute Gasteiger partial charge is 0.229 e. The van der Waals surface area contributed by atoms with Crippen LogP contribution < -0.4 is 10.2 Å². The van der Waals surface area contributed by atoms with Gasteiger partial charge in [0.15, 0.2) is 0 Å². The average Bonchev–Trinajstić information content (AvgIpc) is 2.58. The predicted octanol–water partition coefficient (Wildman–Crippen LogP) is 4.61. The van der Waals surface area contributed by atoms with E-state index in [0.717, 1.165) is 18.1 Å². The average molecular weight is 310 g/mol. The highest BCUT2D eigenvalue weighted by Crippen LogP contribution is 2.26. The molecule has 1 aromatic heterocycles. The molecule has 3 rings (SSSR count). The van der Waals surface area contributed by atoms with Crippen LogP contribution in [0.5, 0.6) is 0 Å². The van der Waals surface area contributed by atoms with E-state index in [1.165, 1.54) is 36.8 Å². The van der Waals surface area contributed by atoms with Crippen LogP contribution in [0, 0.1) is 13.8 Å². The highest BCUT2D eigenvalue weighted by molar-refractivity contribution is 5.60. The van der Waals surface area contributed by atoms with E-state index in [1.807, 2.05) is 12.3 Å². The fourth-order valence-electron chi connectivity index (χ4n) is 3.29. The molecule has 1 aliphatic heterocycles. The lowest BCUT2D eigenvalue weighted by atomic mass is 10.0. The van der Waals surface area contributed by atoms with Crippen LogP contribution in [0.25, 0.3) is 0 Å². The van der Waals surface area contributed by atoms with Gasteiger partial charge in [-0.25, -0.2) is 4.98 Å². The quantitative estimate of drug-likeness (QED) is 0.895. The molecule has 1 aliphatic rings. The third kappa shape index (κ3) is 3.63. The number of aryl methyl sites for hydroxylation is 2. The molecular weight excluding hydrogens is 284 g/mol. The van der Waals surface area contributed by atoms with Crippen molar-refractivity contribution in [2.24, 2.45) is 0 Å². The topological polar surface area (TPSA) is 41.1 Å². The van der Waals surface area contributed by atoms with Crippen molar-refractivity contribution >= 4 is 17.5 Å². The molecule has 0 bridgehead atoms. The molecule has 0 aliphatic carbocycles. The summed E-state index contributed by atoms with van der Waals surface area (Å²) in [6, 6.07) is 9.02. The monoisotopic (exact) mass is 310 g/mol. The Morgan fingerprint density at radius 1 is 1.22 bits per heavy atom. The van der Waals surface area contributed by atoms with Crippen LogP contribution in [0.2, 0.25) is 0 Å². The second-order valence-electron chi connectivity index (χ2n) is 6.43. The standard InChI is InChI=1S/C19H26N4/c1-4-16-7-5-6-12-23(16)18-10-11-20-19(22-18)21-17-13-14(2)8-9-15(17)3/h8-11,13,16H,4-7,12H2,1-3H3,(H,20,21,22). The molecule has 0 radical (unpaired) electrons. The molecule has 0 amide bonds. The largest absolute Gasteiger partial charge is 0.353 e. The van der Waals surface area contributed by atoms with Crippen LogP contribution in [-0.2, 0) is 0 Å². The van der Waals surface area contributed by atoms with E-state index in [2.05, 4.69) is 54.2 Å². The van der Waals surface area contributed by atoms with Crippen molar-refractivity contribution in [2.45, 2.75) is 52.5 Å². The molecule has 2 heterocycles. The molecule has 4 nitrogen and oxygen atoms in total. The number of rotatable bonds is 4. The maximum absolute atomic E-state index is 4.76. The first-order valence-electron chi connectivity index (χ1n) is 8.61. The van der Waals surface area contributed by atoms with Gasteiger partial charge in [-0.2, -0.15) is 4.98 Å². The van der Waals surface area contributed by atoms with E-state index in [-0.39, 0.29) is 0 Å². The Hall–Kier alpha value is -2.10. The molecule has 1 atom stereocenters. The third-order valence-corrected chi connectivity index (χ3v) is 4.67. The summed E-state index contributed by atoms with van der Waals surface area (Å²) in [6.07, 6.45) is 6.87. The highest BCUT2D eigenvalue weighted by Gasteiger charge is 2.22. The Kier molecular flexibility index (Phi) is 4.79. The molecule has 0 spiro atoms. The highest BCUT2D eigenvalue weighted by atomic mass is 15.2. The number of nitrogens with zero attached hydrogens (tertiary/aromatic N) is 3. The van der Waals surface area contributed by atoms with Gasteiger partial charge in [0.1, 0.15) is 5.82 Å². The summed E-state index contributed by atoms with van der Waals surface area (Å²) >= 11 is 0. The molecule has 1 unspecified atom stereocenters. The van der Waals surface area contributed by atoms with Crippen molar-refractivity contribution in [3.63, 3.8) is 0 Å². The van der Waals surface area contributed by atoms with Gasteiger partial charge in [-0.1, -0.05) is 19.1 Å². The fraction of sp³-hybridized carbons (Fsp3) is 0.474. The van der Waals surface area contributed by atoms with Crippen LogP contribution in [0.3, 0.4) is 0 Å². The Morgan fingerprint density at radius 2 is 2.09 bits per heavy atom. The number of piperidine rings is 1. The van der Waals surface area contributed by atoms with E-state index in [4.69, 9.17) is 4.98 Å². The zero-order valence-electron chi connectivity index (χ0n) is 14.3. The van der Waals surface area contributed by atoms with Gasteiger partial charge in [0, 0.05) is 24.5 Å². The number of benzene rings is 1. The normalized spacial score (nSPS) is 18.0. The van der Waals surface area contributed by atoms with Gasteiger partial charge in [-0.15, -0.1) is 0 Å². The summed E-state index contributed by atoms with van der Waals surface area (Å²) in [5.74, 6) is 1.72. The lowest BCUT2D eigenvalue weighted by molar-refractivity contribution is 0.447. The SMILES string of the molecule is CCC1CCCCN1c1ccnc(Nc2cc(C)ccc2C)n1. The first-order valence-corrected chi connectivity index (χ1v) is 8.61. The first kappa shape index (κ1) is 15.8. The van der Waals surface area contributed by atoms with Crippen LogP contribution in [0.1, 0.15) is 43.7 Å². The van der Waals surface area contributed by atoms with Gasteiger partial charge in [0.2, 0.25) is 5.95 Å². The zero-order chi connectivity index (χ0) is 16.2. The molecule has 1 aromatic carbocycles. The Labute approximate surface area is 139 Å². The maximum atomic E-state index is 4.76. The minimum absolute atomic E-state index is 0.604. The van der Waals surface area contributed by atoms with Crippen LogP contribution in [0.15, 0.2) is 30.5 Å². The summed E-state index contributed by atoms with van der Waals surface area (Å²) in [6.45, 7) is 7.56. The lowest BCUT2D eigenvalue weighted by Crippen LogP contribution is -2.39. The second kappa shape index (κ2) is 6.99. The van der Waals surface area contributed by atoms with Crippen molar-refractivity contribution < 1.29 is 0 Å². The molecule has 23 heavy (non-hydrogen) atoms. The zero-order valence-corrected chi connectivity index (χ0v) is 14.3. The van der Waals surface area contributed by atoms with Gasteiger partial charge in [0.25, 0.3) is 0 Å². The fourth-order valence-corrected chi connectivity index (χ4v) is 3.29. The molecule has 1 fully saturated rings. The number of aromatic nitrogens is 2. The number of hydrogen-bond donors (Lipinski definition) is 1. The van der Waals surface area contributed by atoms with Gasteiger partial charge < -0.3 is 10.2 Å². The molecule has 2 aromatic rings. The number of anilines is 3. The van der Waals surface area contributed by atoms with Gasteiger partial charge in [-0.05, 0) is 62.8 Å². The molecule has 4 heteroatoms. The summed E-state index contributed by atoms with van der Waals surface area (Å²) in [5.41, 5.74) is 3.51. The van der Waals surface area contributed by atoms with Crippen molar-refractivity contribution in [2.75, 3.05) is 16.8 Å². The van der Waals surface area contributed by atoms with Gasteiger partial charge in [-0.3, -0.25) is 0 Å². The number of hydrogen-bond acceptors (Lipinski definition) is 4. The van der Waals surface area contributed by atoms with E-state index < -0.39 is 0 Å². The van der Waals surface area contributed by atoms with Gasteiger partial charge >= 0.3 is 0 Å². The Bertz CT molecular complexity index is 668. The molecule has 1 saturated heterocycles. The molecule has 1 N–H and O–H groups in total. The third-order valence-electron chi connectivity index (χ3n) is 4.67. The van der Waals surface area contributed by atoms with Crippen molar-refractivity contribution in [3.8, 4) is 0 Å². The summed E-state index contributed by atoms with van der Waals surface area (Å²) in [4.78, 5) is 11.6. The first-order chi connectivity index (χ1) is 11.2. The van der Waals surface area contributed by atoms with Crippen molar-refractivity contribution in [1.29, 1.82) is 0 Å². The summed E-state index contributed by atoms with van der Waals surface area (Å²) in [7, 11) is 0. The molecule has 0 saturated carbocycles. The van der Waals surface area contributed by atoms with E-state index in [0.29, 0.717) is 12.0 Å². The summed E-state index contributed by atoms with van der Waals surface area (Å²) < 4.78 is 0. The van der Waals surface area contributed by atoms with Crippen LogP contribution >= 0.6 is 0 Å². The minimum atomic E-state index is 0.604. The van der Waals surface area contributed by atoms with Crippen LogP contribution in [-0.4, -0.2) is 22.6 Å². The van der Waals surface area contributed by atoms with Crippen LogP contribution in [0.4, 0.5) is 17.5 Å². The van der Waals surface area contributed by atoms with Crippen molar-refractivity contribution in [3.05, 3.63) is 41.6 Å². The van der Waals surface area contributed by atoms with E-state index in [9.17, 15) is 0 Å². The van der Waals surface area contributed by atoms with Gasteiger partial charge in [0.05, 0.1) is 0 Å². The molecule has 122 valence electrons.